The third kappa shape index (κ3) is 6.94. The van der Waals surface area contributed by atoms with Gasteiger partial charge in [0.25, 0.3) is 5.69 Å². The highest BCUT2D eigenvalue weighted by atomic mass is 16.6. The Balaban J connectivity index is 1.39. The lowest BCUT2D eigenvalue weighted by molar-refractivity contribution is -0.384. The number of nitrogens with zero attached hydrogens (tertiary/aromatic N) is 1. The summed E-state index contributed by atoms with van der Waals surface area (Å²) in [5, 5.41) is 10.6. The standard InChI is InChI=1S/C24H21NO7/c26-23(17-31-21-14-10-20(11-15-21)25(28)29)32-22-12-8-19(9-13-22)24(27)30-16-4-7-18-5-2-1-3-6-18/h1-3,5-6,8-15H,4,7,16-17H2. The molecule has 0 fully saturated rings. The van der Waals surface area contributed by atoms with E-state index in [4.69, 9.17) is 14.2 Å². The summed E-state index contributed by atoms with van der Waals surface area (Å²) in [6.07, 6.45) is 1.55. The molecule has 0 N–H and O–H groups in total. The van der Waals surface area contributed by atoms with E-state index < -0.39 is 16.9 Å². The van der Waals surface area contributed by atoms with Crippen LogP contribution in [0.25, 0.3) is 0 Å². The number of nitro groups is 1. The number of benzene rings is 3. The van der Waals surface area contributed by atoms with E-state index in [-0.39, 0.29) is 18.0 Å². The fourth-order valence-electron chi connectivity index (χ4n) is 2.80. The maximum absolute atomic E-state index is 12.1. The largest absolute Gasteiger partial charge is 0.482 e. The van der Waals surface area contributed by atoms with Crippen molar-refractivity contribution in [3.8, 4) is 11.5 Å². The molecule has 3 aromatic rings. The summed E-state index contributed by atoms with van der Waals surface area (Å²) >= 11 is 0. The van der Waals surface area contributed by atoms with Crippen LogP contribution in [-0.2, 0) is 16.0 Å². The van der Waals surface area contributed by atoms with Crippen LogP contribution in [0.15, 0.2) is 78.9 Å². The normalized spacial score (nSPS) is 10.2. The summed E-state index contributed by atoms with van der Waals surface area (Å²) < 4.78 is 15.7. The van der Waals surface area contributed by atoms with Gasteiger partial charge in [0.1, 0.15) is 11.5 Å². The van der Waals surface area contributed by atoms with Gasteiger partial charge in [-0.05, 0) is 54.8 Å². The first-order valence-electron chi connectivity index (χ1n) is 9.90. The molecule has 164 valence electrons. The first-order chi connectivity index (χ1) is 15.5. The molecule has 3 aromatic carbocycles. The number of hydrogen-bond acceptors (Lipinski definition) is 7. The van der Waals surface area contributed by atoms with Crippen LogP contribution in [-0.4, -0.2) is 30.1 Å². The van der Waals surface area contributed by atoms with E-state index in [0.717, 1.165) is 12.8 Å². The monoisotopic (exact) mass is 435 g/mol. The second-order valence-corrected chi connectivity index (χ2v) is 6.76. The van der Waals surface area contributed by atoms with Crippen LogP contribution in [0.3, 0.4) is 0 Å². The zero-order valence-corrected chi connectivity index (χ0v) is 17.1. The molecule has 0 spiro atoms. The Kier molecular flexibility index (Phi) is 7.91. The molecule has 0 aromatic heterocycles. The molecule has 8 nitrogen and oxygen atoms in total. The van der Waals surface area contributed by atoms with Crippen LogP contribution in [0.4, 0.5) is 5.69 Å². The number of carbonyl (C=O) groups excluding carboxylic acids is 2. The van der Waals surface area contributed by atoms with Gasteiger partial charge >= 0.3 is 11.9 Å². The second-order valence-electron chi connectivity index (χ2n) is 6.76. The SMILES string of the molecule is O=C(COc1ccc([N+](=O)[O-])cc1)Oc1ccc(C(=O)OCCCc2ccccc2)cc1. The van der Waals surface area contributed by atoms with Crippen molar-refractivity contribution in [1.82, 2.24) is 0 Å². The number of rotatable bonds is 10. The molecule has 0 aliphatic carbocycles. The van der Waals surface area contributed by atoms with E-state index >= 15 is 0 Å². The van der Waals surface area contributed by atoms with Gasteiger partial charge in [0.2, 0.25) is 0 Å². The van der Waals surface area contributed by atoms with Crippen molar-refractivity contribution in [3.05, 3.63) is 100 Å². The van der Waals surface area contributed by atoms with Crippen LogP contribution in [0.2, 0.25) is 0 Å². The van der Waals surface area contributed by atoms with Gasteiger partial charge in [-0.25, -0.2) is 9.59 Å². The molecule has 0 unspecified atom stereocenters. The van der Waals surface area contributed by atoms with Crippen molar-refractivity contribution in [2.45, 2.75) is 12.8 Å². The molecular weight excluding hydrogens is 414 g/mol. The summed E-state index contributed by atoms with van der Waals surface area (Å²) in [6, 6.07) is 21.3. The van der Waals surface area contributed by atoms with Gasteiger partial charge in [0.05, 0.1) is 17.1 Å². The maximum Gasteiger partial charge on any atom is 0.349 e. The fourth-order valence-corrected chi connectivity index (χ4v) is 2.80. The molecule has 0 radical (unpaired) electrons. The predicted molar refractivity (Wildman–Crippen MR) is 116 cm³/mol. The predicted octanol–water partition coefficient (Wildman–Crippen LogP) is 4.37. The van der Waals surface area contributed by atoms with E-state index in [1.54, 1.807) is 0 Å². The van der Waals surface area contributed by atoms with Gasteiger partial charge in [-0.1, -0.05) is 30.3 Å². The Hall–Kier alpha value is -4.20. The molecule has 0 saturated heterocycles. The Morgan fingerprint density at radius 2 is 1.50 bits per heavy atom. The summed E-state index contributed by atoms with van der Waals surface area (Å²) in [6.45, 7) is -0.0620. The lowest BCUT2D eigenvalue weighted by Gasteiger charge is -2.08. The smallest absolute Gasteiger partial charge is 0.349 e. The number of hydrogen-bond donors (Lipinski definition) is 0. The summed E-state index contributed by atoms with van der Waals surface area (Å²) in [5.41, 5.74) is 1.47. The molecule has 0 amide bonds. The molecule has 3 rings (SSSR count). The molecule has 32 heavy (non-hydrogen) atoms. The zero-order valence-electron chi connectivity index (χ0n) is 17.1. The van der Waals surface area contributed by atoms with E-state index in [0.29, 0.717) is 17.9 Å². The molecule has 0 saturated carbocycles. The van der Waals surface area contributed by atoms with Crippen molar-refractivity contribution >= 4 is 17.6 Å². The minimum atomic E-state index is -0.653. The Morgan fingerprint density at radius 1 is 0.844 bits per heavy atom. The second kappa shape index (κ2) is 11.3. The summed E-state index contributed by atoms with van der Waals surface area (Å²) in [4.78, 5) is 34.1. The Morgan fingerprint density at radius 3 is 2.16 bits per heavy atom. The van der Waals surface area contributed by atoms with Gasteiger partial charge in [0.15, 0.2) is 6.61 Å². The van der Waals surface area contributed by atoms with Crippen LogP contribution in [0, 0.1) is 10.1 Å². The minimum Gasteiger partial charge on any atom is -0.482 e. The van der Waals surface area contributed by atoms with Crippen LogP contribution >= 0.6 is 0 Å². The number of ether oxygens (including phenoxy) is 3. The van der Waals surface area contributed by atoms with Crippen molar-refractivity contribution in [1.29, 1.82) is 0 Å². The van der Waals surface area contributed by atoms with Gasteiger partial charge in [-0.2, -0.15) is 0 Å². The van der Waals surface area contributed by atoms with Crippen molar-refractivity contribution in [2.75, 3.05) is 13.2 Å². The van der Waals surface area contributed by atoms with Gasteiger partial charge in [0, 0.05) is 12.1 Å². The third-order valence-electron chi connectivity index (χ3n) is 4.41. The number of carbonyl (C=O) groups is 2. The quantitative estimate of drug-likeness (QED) is 0.153. The van der Waals surface area contributed by atoms with Crippen LogP contribution in [0.5, 0.6) is 11.5 Å². The molecule has 0 atom stereocenters. The Labute approximate surface area is 184 Å². The van der Waals surface area contributed by atoms with E-state index in [1.807, 2.05) is 30.3 Å². The lowest BCUT2D eigenvalue weighted by atomic mass is 10.1. The number of aryl methyl sites for hydroxylation is 1. The van der Waals surface area contributed by atoms with Crippen LogP contribution in [0.1, 0.15) is 22.3 Å². The minimum absolute atomic E-state index is 0.0743. The van der Waals surface area contributed by atoms with E-state index in [1.165, 1.54) is 54.1 Å². The first kappa shape index (κ1) is 22.5. The molecule has 8 heteroatoms. The molecule has 0 aliphatic rings. The first-order valence-corrected chi connectivity index (χ1v) is 9.90. The fraction of sp³-hybridized carbons (Fsp3) is 0.167. The molecule has 0 aliphatic heterocycles. The average molecular weight is 435 g/mol. The van der Waals surface area contributed by atoms with E-state index in [2.05, 4.69) is 0 Å². The highest BCUT2D eigenvalue weighted by Crippen LogP contribution is 2.18. The lowest BCUT2D eigenvalue weighted by Crippen LogP contribution is -2.17. The Bertz CT molecular complexity index is 1050. The summed E-state index contributed by atoms with van der Waals surface area (Å²) in [5.74, 6) is -0.544. The number of esters is 2. The zero-order chi connectivity index (χ0) is 22.8. The van der Waals surface area contributed by atoms with Gasteiger partial charge in [-0.15, -0.1) is 0 Å². The van der Waals surface area contributed by atoms with Crippen molar-refractivity contribution in [3.63, 3.8) is 0 Å². The highest BCUT2D eigenvalue weighted by molar-refractivity contribution is 5.89. The number of nitro benzene ring substituents is 1. The van der Waals surface area contributed by atoms with Gasteiger partial charge < -0.3 is 14.2 Å². The number of non-ortho nitro benzene ring substituents is 1. The summed E-state index contributed by atoms with van der Waals surface area (Å²) in [7, 11) is 0. The van der Waals surface area contributed by atoms with Crippen molar-refractivity contribution < 1.29 is 28.7 Å². The average Bonchev–Trinajstić information content (AvgIpc) is 2.82. The van der Waals surface area contributed by atoms with Gasteiger partial charge in [-0.3, -0.25) is 10.1 Å². The third-order valence-corrected chi connectivity index (χ3v) is 4.41. The molecule has 0 bridgehead atoms. The highest BCUT2D eigenvalue weighted by Gasteiger charge is 2.11. The topological polar surface area (TPSA) is 105 Å². The van der Waals surface area contributed by atoms with E-state index in [9.17, 15) is 19.7 Å². The maximum atomic E-state index is 12.1. The molecule has 0 heterocycles. The molecular formula is C24H21NO7. The van der Waals surface area contributed by atoms with Crippen molar-refractivity contribution in [2.24, 2.45) is 0 Å². The van der Waals surface area contributed by atoms with Crippen LogP contribution < -0.4 is 9.47 Å².